The van der Waals surface area contributed by atoms with Crippen LogP contribution in [-0.4, -0.2) is 18.2 Å². The Bertz CT molecular complexity index is 423. The number of esters is 1. The maximum atomic E-state index is 11.3. The van der Waals surface area contributed by atoms with Crippen LogP contribution < -0.4 is 0 Å². The predicted molar refractivity (Wildman–Crippen MR) is 56.9 cm³/mol. The normalized spacial score (nSPS) is 9.21. The van der Waals surface area contributed by atoms with Gasteiger partial charge in [0.1, 0.15) is 17.4 Å². The highest BCUT2D eigenvalue weighted by Gasteiger charge is 2.18. The number of ether oxygens (including phenoxy) is 1. The van der Waals surface area contributed by atoms with Gasteiger partial charge in [0.15, 0.2) is 0 Å². The van der Waals surface area contributed by atoms with Crippen molar-refractivity contribution < 1.29 is 14.6 Å². The molecule has 0 radical (unpaired) electrons. The molecule has 0 saturated carbocycles. The third-order valence-electron chi connectivity index (χ3n) is 1.63. The zero-order valence-corrected chi connectivity index (χ0v) is 9.40. The van der Waals surface area contributed by atoms with Crippen LogP contribution in [0.4, 0.5) is 0 Å². The van der Waals surface area contributed by atoms with Crippen molar-refractivity contribution in [3.8, 4) is 11.8 Å². The molecule has 0 atom stereocenters. The van der Waals surface area contributed by atoms with Crippen molar-refractivity contribution in [3.63, 3.8) is 0 Å². The average molecular weight is 303 g/mol. The van der Waals surface area contributed by atoms with Crippen LogP contribution in [0.5, 0.6) is 5.75 Å². The second kappa shape index (κ2) is 4.28. The number of halogens is 1. The first-order valence-corrected chi connectivity index (χ1v) is 4.69. The average Bonchev–Trinajstić information content (AvgIpc) is 2.19. The van der Waals surface area contributed by atoms with Gasteiger partial charge in [-0.15, -0.1) is 0 Å². The summed E-state index contributed by atoms with van der Waals surface area (Å²) in [4.78, 5) is 11.3. The van der Waals surface area contributed by atoms with Gasteiger partial charge >= 0.3 is 5.97 Å². The smallest absolute Gasteiger partial charge is 0.340 e. The second-order valence-electron chi connectivity index (χ2n) is 2.42. The third kappa shape index (κ3) is 1.80. The summed E-state index contributed by atoms with van der Waals surface area (Å²) < 4.78 is 5.08. The molecule has 0 fully saturated rings. The molecule has 0 saturated heterocycles. The number of methoxy groups -OCH3 is 1. The number of aromatic hydroxyl groups is 1. The monoisotopic (exact) mass is 303 g/mol. The van der Waals surface area contributed by atoms with E-state index in [1.807, 2.05) is 22.6 Å². The Labute approximate surface area is 94.2 Å². The van der Waals surface area contributed by atoms with Crippen LogP contribution in [0.25, 0.3) is 0 Å². The molecule has 0 aliphatic rings. The second-order valence-corrected chi connectivity index (χ2v) is 3.58. The van der Waals surface area contributed by atoms with E-state index in [0.717, 1.165) is 0 Å². The zero-order valence-electron chi connectivity index (χ0n) is 7.24. The van der Waals surface area contributed by atoms with E-state index >= 15 is 0 Å². The molecule has 0 unspecified atom stereocenters. The maximum absolute atomic E-state index is 11.3. The molecule has 1 rings (SSSR count). The van der Waals surface area contributed by atoms with Gasteiger partial charge in [-0.3, -0.25) is 0 Å². The number of phenolic OH excluding ortho intramolecular Hbond substituents is 1. The van der Waals surface area contributed by atoms with Gasteiger partial charge in [0.25, 0.3) is 0 Å². The standard InChI is InChI=1S/C9H6INO3/c1-14-9(13)8-5(4-11)7(12)3-2-6(8)10/h2-3,12H,1H3. The van der Waals surface area contributed by atoms with Crippen LogP contribution in [0.3, 0.4) is 0 Å². The van der Waals surface area contributed by atoms with Crippen molar-refractivity contribution in [3.05, 3.63) is 26.8 Å². The van der Waals surface area contributed by atoms with Crippen molar-refractivity contribution in [1.29, 1.82) is 5.26 Å². The molecule has 0 aromatic heterocycles. The molecule has 0 aliphatic heterocycles. The lowest BCUT2D eigenvalue weighted by Gasteiger charge is -2.05. The number of carbonyl (C=O) groups is 1. The number of rotatable bonds is 1. The van der Waals surface area contributed by atoms with Crippen molar-refractivity contribution >= 4 is 28.6 Å². The number of nitrogens with zero attached hydrogens (tertiary/aromatic N) is 1. The summed E-state index contributed by atoms with van der Waals surface area (Å²) in [5.41, 5.74) is 0.0550. The zero-order chi connectivity index (χ0) is 10.7. The van der Waals surface area contributed by atoms with E-state index in [9.17, 15) is 9.90 Å². The van der Waals surface area contributed by atoms with Gasteiger partial charge in [-0.25, -0.2) is 4.79 Å². The first kappa shape index (κ1) is 10.8. The van der Waals surface area contributed by atoms with Crippen LogP contribution in [0.2, 0.25) is 0 Å². The molecule has 0 amide bonds. The molecule has 5 heteroatoms. The fourth-order valence-corrected chi connectivity index (χ4v) is 1.65. The van der Waals surface area contributed by atoms with E-state index in [4.69, 9.17) is 5.26 Å². The summed E-state index contributed by atoms with van der Waals surface area (Å²) in [5, 5.41) is 18.1. The molecule has 0 heterocycles. The Kier molecular flexibility index (Phi) is 3.30. The number of benzene rings is 1. The van der Waals surface area contributed by atoms with Crippen molar-refractivity contribution in [1.82, 2.24) is 0 Å². The van der Waals surface area contributed by atoms with Crippen LogP contribution in [0, 0.1) is 14.9 Å². The molecular formula is C9H6INO3. The predicted octanol–water partition coefficient (Wildman–Crippen LogP) is 1.66. The number of phenols is 1. The molecule has 1 aromatic carbocycles. The summed E-state index contributed by atoms with van der Waals surface area (Å²) in [5.74, 6) is -0.838. The molecule has 14 heavy (non-hydrogen) atoms. The highest BCUT2D eigenvalue weighted by molar-refractivity contribution is 14.1. The van der Waals surface area contributed by atoms with Crippen molar-refractivity contribution in [2.24, 2.45) is 0 Å². The van der Waals surface area contributed by atoms with Crippen LogP contribution >= 0.6 is 22.6 Å². The summed E-state index contributed by atoms with van der Waals surface area (Å²) in [6.45, 7) is 0. The Morgan fingerprint density at radius 2 is 2.29 bits per heavy atom. The quantitative estimate of drug-likeness (QED) is 0.632. The summed E-state index contributed by atoms with van der Waals surface area (Å²) in [7, 11) is 1.23. The lowest BCUT2D eigenvalue weighted by molar-refractivity contribution is 0.0598. The molecular weight excluding hydrogens is 297 g/mol. The van der Waals surface area contributed by atoms with Gasteiger partial charge < -0.3 is 9.84 Å². The Balaban J connectivity index is 3.47. The van der Waals surface area contributed by atoms with E-state index in [-0.39, 0.29) is 16.9 Å². The molecule has 1 N–H and O–H groups in total. The first-order chi connectivity index (χ1) is 6.61. The molecule has 0 spiro atoms. The molecule has 0 aliphatic carbocycles. The maximum Gasteiger partial charge on any atom is 0.340 e. The highest BCUT2D eigenvalue weighted by atomic mass is 127. The minimum atomic E-state index is -0.623. The van der Waals surface area contributed by atoms with Gasteiger partial charge in [0, 0.05) is 3.57 Å². The van der Waals surface area contributed by atoms with Crippen molar-refractivity contribution in [2.45, 2.75) is 0 Å². The lowest BCUT2D eigenvalue weighted by Crippen LogP contribution is -2.06. The van der Waals surface area contributed by atoms with Crippen LogP contribution in [0.1, 0.15) is 15.9 Å². The molecule has 72 valence electrons. The molecule has 0 bridgehead atoms. The fraction of sp³-hybridized carbons (Fsp3) is 0.111. The Morgan fingerprint density at radius 3 is 2.79 bits per heavy atom. The van der Waals surface area contributed by atoms with Gasteiger partial charge in [-0.05, 0) is 34.7 Å². The minimum absolute atomic E-state index is 0.0521. The SMILES string of the molecule is COC(=O)c1c(I)ccc(O)c1C#N. The van der Waals surface area contributed by atoms with Gasteiger partial charge in [-0.2, -0.15) is 5.26 Å². The Morgan fingerprint density at radius 1 is 1.64 bits per heavy atom. The van der Waals surface area contributed by atoms with E-state index in [1.165, 1.54) is 13.2 Å². The Hall–Kier alpha value is -1.29. The lowest BCUT2D eigenvalue weighted by atomic mass is 10.1. The van der Waals surface area contributed by atoms with E-state index in [0.29, 0.717) is 3.57 Å². The van der Waals surface area contributed by atoms with Crippen LogP contribution in [0.15, 0.2) is 12.1 Å². The molecule has 1 aromatic rings. The number of carbonyl (C=O) groups excluding carboxylic acids is 1. The minimum Gasteiger partial charge on any atom is -0.507 e. The van der Waals surface area contributed by atoms with Gasteiger partial charge in [-0.1, -0.05) is 0 Å². The van der Waals surface area contributed by atoms with E-state index < -0.39 is 5.97 Å². The topological polar surface area (TPSA) is 70.3 Å². The van der Waals surface area contributed by atoms with E-state index in [1.54, 1.807) is 12.1 Å². The number of hydrogen-bond donors (Lipinski definition) is 1. The van der Waals surface area contributed by atoms with Gasteiger partial charge in [0.2, 0.25) is 0 Å². The number of hydrogen-bond acceptors (Lipinski definition) is 4. The number of nitriles is 1. The summed E-state index contributed by atoms with van der Waals surface area (Å²) in [6, 6.07) is 4.68. The fourth-order valence-electron chi connectivity index (χ4n) is 0.981. The first-order valence-electron chi connectivity index (χ1n) is 3.61. The van der Waals surface area contributed by atoms with Crippen LogP contribution in [-0.2, 0) is 4.74 Å². The van der Waals surface area contributed by atoms with Gasteiger partial charge in [0.05, 0.1) is 12.7 Å². The largest absolute Gasteiger partial charge is 0.507 e. The van der Waals surface area contributed by atoms with E-state index in [2.05, 4.69) is 4.74 Å². The van der Waals surface area contributed by atoms with Crippen molar-refractivity contribution in [2.75, 3.05) is 7.11 Å². The third-order valence-corrected chi connectivity index (χ3v) is 2.53. The highest BCUT2D eigenvalue weighted by Crippen LogP contribution is 2.25. The summed E-state index contributed by atoms with van der Waals surface area (Å²) >= 11 is 1.90. The molecule has 4 nitrogen and oxygen atoms in total. The summed E-state index contributed by atoms with van der Waals surface area (Å²) in [6.07, 6.45) is 0.